The molecule has 98 valence electrons. The molecule has 0 heterocycles. The number of benzene rings is 1. The van der Waals surface area contributed by atoms with Crippen LogP contribution in [0.4, 0.5) is 17.6 Å². The van der Waals surface area contributed by atoms with Crippen LogP contribution in [0.5, 0.6) is 0 Å². The van der Waals surface area contributed by atoms with Gasteiger partial charge in [0, 0.05) is 6.04 Å². The van der Waals surface area contributed by atoms with Crippen LogP contribution >= 0.6 is 0 Å². The number of nitriles is 1. The second-order valence-electron chi connectivity index (χ2n) is 3.77. The van der Waals surface area contributed by atoms with Gasteiger partial charge in [-0.1, -0.05) is 30.3 Å². The van der Waals surface area contributed by atoms with E-state index in [0.29, 0.717) is 5.56 Å². The maximum absolute atomic E-state index is 12.8. The fraction of sp³-hybridized carbons (Fsp3) is 0.417. The van der Waals surface area contributed by atoms with E-state index in [9.17, 15) is 17.6 Å². The molecule has 6 heteroatoms. The monoisotopic (exact) mass is 260 g/mol. The summed E-state index contributed by atoms with van der Waals surface area (Å²) in [6, 6.07) is 9.56. The van der Waals surface area contributed by atoms with Crippen molar-refractivity contribution in [1.82, 2.24) is 5.32 Å². The van der Waals surface area contributed by atoms with Crippen LogP contribution in [0.1, 0.15) is 18.0 Å². The molecule has 0 spiro atoms. The van der Waals surface area contributed by atoms with Crippen LogP contribution in [-0.2, 0) is 0 Å². The van der Waals surface area contributed by atoms with E-state index in [1.165, 1.54) is 0 Å². The molecule has 0 saturated heterocycles. The van der Waals surface area contributed by atoms with Crippen molar-refractivity contribution in [2.24, 2.45) is 0 Å². The number of nitrogens with zero attached hydrogens (tertiary/aromatic N) is 1. The number of hydrogen-bond acceptors (Lipinski definition) is 2. The first-order chi connectivity index (χ1) is 8.47. The van der Waals surface area contributed by atoms with Crippen LogP contribution in [0.2, 0.25) is 0 Å². The third kappa shape index (κ3) is 4.00. The molecule has 1 unspecified atom stereocenters. The smallest absolute Gasteiger partial charge is 0.303 e. The molecular weight excluding hydrogens is 248 g/mol. The third-order valence-corrected chi connectivity index (χ3v) is 2.40. The molecule has 1 aromatic rings. The summed E-state index contributed by atoms with van der Waals surface area (Å²) in [5.41, 5.74) is 0.615. The molecule has 0 radical (unpaired) electrons. The van der Waals surface area contributed by atoms with Gasteiger partial charge < -0.3 is 5.32 Å². The molecule has 18 heavy (non-hydrogen) atoms. The molecule has 0 aliphatic rings. The van der Waals surface area contributed by atoms with Gasteiger partial charge in [-0.3, -0.25) is 0 Å². The number of rotatable bonds is 6. The number of halogens is 4. The Morgan fingerprint density at radius 2 is 1.83 bits per heavy atom. The van der Waals surface area contributed by atoms with Crippen molar-refractivity contribution in [3.63, 3.8) is 0 Å². The van der Waals surface area contributed by atoms with Crippen molar-refractivity contribution in [2.45, 2.75) is 24.8 Å². The fourth-order valence-electron chi connectivity index (χ4n) is 1.42. The molecule has 0 aliphatic heterocycles. The lowest BCUT2D eigenvalue weighted by Gasteiger charge is -2.21. The Balaban J connectivity index is 2.69. The summed E-state index contributed by atoms with van der Waals surface area (Å²) in [6.45, 7) is -1.16. The molecular formula is C12H12F4N2. The van der Waals surface area contributed by atoms with Crippen molar-refractivity contribution < 1.29 is 17.6 Å². The molecule has 1 atom stereocenters. The molecule has 0 aliphatic carbocycles. The predicted octanol–water partition coefficient (Wildman–Crippen LogP) is 3.13. The number of hydrogen-bond donors (Lipinski definition) is 1. The predicted molar refractivity (Wildman–Crippen MR) is 58.4 cm³/mol. The minimum atomic E-state index is -4.09. The van der Waals surface area contributed by atoms with Crippen LogP contribution in [-0.4, -0.2) is 18.9 Å². The van der Waals surface area contributed by atoms with Gasteiger partial charge in [0.15, 0.2) is 0 Å². The van der Waals surface area contributed by atoms with Gasteiger partial charge in [-0.25, -0.2) is 8.78 Å². The molecule has 0 fully saturated rings. The second kappa shape index (κ2) is 6.36. The highest BCUT2D eigenvalue weighted by molar-refractivity contribution is 5.19. The maximum atomic E-state index is 12.8. The van der Waals surface area contributed by atoms with Crippen molar-refractivity contribution in [3.8, 4) is 6.07 Å². The van der Waals surface area contributed by atoms with Crippen molar-refractivity contribution in [1.29, 1.82) is 5.26 Å². The van der Waals surface area contributed by atoms with Crippen molar-refractivity contribution in [3.05, 3.63) is 35.9 Å². The second-order valence-corrected chi connectivity index (χ2v) is 3.77. The number of nitrogens with one attached hydrogen (secondary N) is 1. The zero-order chi connectivity index (χ0) is 13.6. The summed E-state index contributed by atoms with van der Waals surface area (Å²) < 4.78 is 49.5. The summed E-state index contributed by atoms with van der Waals surface area (Å²) in [4.78, 5) is 0. The maximum Gasteiger partial charge on any atom is 0.319 e. The topological polar surface area (TPSA) is 35.8 Å². The van der Waals surface area contributed by atoms with Crippen LogP contribution in [0.15, 0.2) is 30.3 Å². The molecule has 0 bridgehead atoms. The molecule has 0 amide bonds. The minimum absolute atomic E-state index is 0.0661. The van der Waals surface area contributed by atoms with Gasteiger partial charge in [0.25, 0.3) is 0 Å². The van der Waals surface area contributed by atoms with Crippen molar-refractivity contribution in [2.75, 3.05) is 6.54 Å². The lowest BCUT2D eigenvalue weighted by molar-refractivity contribution is -0.126. The Kier molecular flexibility index (Phi) is 5.10. The van der Waals surface area contributed by atoms with Crippen molar-refractivity contribution >= 4 is 0 Å². The first-order valence-corrected chi connectivity index (χ1v) is 5.28. The summed E-state index contributed by atoms with van der Waals surface area (Å²) in [5, 5.41) is 10.9. The Morgan fingerprint density at radius 3 is 2.33 bits per heavy atom. The van der Waals surface area contributed by atoms with Gasteiger partial charge in [-0.2, -0.15) is 14.0 Å². The van der Waals surface area contributed by atoms with E-state index in [4.69, 9.17) is 5.26 Å². The highest BCUT2D eigenvalue weighted by atomic mass is 19.3. The van der Waals surface area contributed by atoms with Crippen LogP contribution in [0, 0.1) is 11.3 Å². The highest BCUT2D eigenvalue weighted by Crippen LogP contribution is 2.24. The van der Waals surface area contributed by atoms with E-state index < -0.39 is 24.9 Å². The van der Waals surface area contributed by atoms with Gasteiger partial charge in [-0.15, -0.1) is 0 Å². The van der Waals surface area contributed by atoms with E-state index in [0.717, 1.165) is 0 Å². The summed E-state index contributed by atoms with van der Waals surface area (Å²) in [7, 11) is 0. The van der Waals surface area contributed by atoms with E-state index in [2.05, 4.69) is 5.32 Å². The largest absolute Gasteiger partial charge is 0.319 e. The molecule has 0 saturated carbocycles. The van der Waals surface area contributed by atoms with E-state index >= 15 is 0 Å². The lowest BCUT2D eigenvalue weighted by atomic mass is 10.0. The van der Waals surface area contributed by atoms with Gasteiger partial charge in [0.1, 0.15) is 0 Å². The SMILES string of the molecule is N#CCC(NCC(F)(F)C(F)F)c1ccccc1. The number of alkyl halides is 4. The summed E-state index contributed by atoms with van der Waals surface area (Å²) in [5.74, 6) is -4.09. The fourth-order valence-corrected chi connectivity index (χ4v) is 1.42. The zero-order valence-corrected chi connectivity index (χ0v) is 9.41. The average molecular weight is 260 g/mol. The molecule has 2 nitrogen and oxygen atoms in total. The standard InChI is InChI=1S/C12H12F4N2/c13-11(14)12(15,16)8-18-10(6-7-17)9-4-2-1-3-5-9/h1-5,10-11,18H,6,8H2. The molecule has 0 aromatic heterocycles. The van der Waals surface area contributed by atoms with Gasteiger partial charge in [0.05, 0.1) is 19.0 Å². The van der Waals surface area contributed by atoms with Gasteiger partial charge in [-0.05, 0) is 5.56 Å². The Morgan fingerprint density at radius 1 is 1.22 bits per heavy atom. The molecule has 1 N–H and O–H groups in total. The normalized spacial score (nSPS) is 13.3. The van der Waals surface area contributed by atoms with E-state index in [-0.39, 0.29) is 6.42 Å². The minimum Gasteiger partial charge on any atom is -0.303 e. The van der Waals surface area contributed by atoms with E-state index in [1.807, 2.05) is 6.07 Å². The molecule has 1 rings (SSSR count). The van der Waals surface area contributed by atoms with Crippen LogP contribution in [0.25, 0.3) is 0 Å². The summed E-state index contributed by atoms with van der Waals surface area (Å²) in [6.07, 6.45) is -3.79. The Bertz CT molecular complexity index is 400. The first kappa shape index (κ1) is 14.5. The zero-order valence-electron chi connectivity index (χ0n) is 9.41. The Labute approximate surface area is 102 Å². The third-order valence-electron chi connectivity index (χ3n) is 2.40. The lowest BCUT2D eigenvalue weighted by Crippen LogP contribution is -2.40. The van der Waals surface area contributed by atoms with Crippen LogP contribution < -0.4 is 5.32 Å². The molecule has 1 aromatic carbocycles. The van der Waals surface area contributed by atoms with Gasteiger partial charge in [0.2, 0.25) is 0 Å². The van der Waals surface area contributed by atoms with E-state index in [1.54, 1.807) is 30.3 Å². The summed E-state index contributed by atoms with van der Waals surface area (Å²) >= 11 is 0. The quantitative estimate of drug-likeness (QED) is 0.798. The van der Waals surface area contributed by atoms with Crippen LogP contribution in [0.3, 0.4) is 0 Å². The Hall–Kier alpha value is -1.61. The first-order valence-electron chi connectivity index (χ1n) is 5.28. The average Bonchev–Trinajstić information content (AvgIpc) is 2.35. The highest BCUT2D eigenvalue weighted by Gasteiger charge is 2.40. The van der Waals surface area contributed by atoms with Gasteiger partial charge >= 0.3 is 12.3 Å².